The minimum atomic E-state index is 0. The van der Waals surface area contributed by atoms with Gasteiger partial charge in [-0.2, -0.15) is 0 Å². The quantitative estimate of drug-likeness (QED) is 0.324. The molecule has 6 heavy (non-hydrogen) atoms. The van der Waals surface area contributed by atoms with E-state index in [1.807, 2.05) is 0 Å². The van der Waals surface area contributed by atoms with E-state index in [0.717, 1.165) is 0 Å². The van der Waals surface area contributed by atoms with Gasteiger partial charge in [0.2, 0.25) is 0 Å². The first-order valence-electron chi connectivity index (χ1n) is 0. The molecule has 0 radical (unpaired) electrons. The Bertz CT molecular complexity index is 10.8. The van der Waals surface area contributed by atoms with Gasteiger partial charge in [0.05, 0.1) is 0 Å². The van der Waals surface area contributed by atoms with Crippen molar-refractivity contribution in [3.8, 4) is 0 Å². The Morgan fingerprint density at radius 1 is 0.667 bits per heavy atom. The van der Waals surface area contributed by atoms with E-state index >= 15 is 0 Å². The summed E-state index contributed by atoms with van der Waals surface area (Å²) in [5.74, 6) is 0. The molecule has 0 unspecified atom stereocenters. The average molecular weight is 762 g/mol. The van der Waals surface area contributed by atoms with Crippen LogP contribution in [0.25, 0.3) is 0 Å². The maximum absolute atomic E-state index is 0. The molecule has 34 valence electrons. The molecule has 0 rings (SSSR count). The molecule has 0 bridgehead atoms. The predicted molar refractivity (Wildman–Crippen MR) is 2.06 cm³/mol. The van der Waals surface area contributed by atoms with Crippen LogP contribution in [0.15, 0.2) is 0 Å². The second-order valence-electron chi connectivity index (χ2n) is 0. The topological polar surface area (TPSA) is 85.5 Å². The minimum Gasteiger partial charge on any atom is -2.00 e. The van der Waals surface area contributed by atoms with Crippen LogP contribution in [-0.2, 0) is 16.4 Å². The molecule has 0 aliphatic carbocycles. The van der Waals surface area contributed by atoms with Crippen LogP contribution in [0.1, 0.15) is 0 Å². The molecule has 0 aromatic heterocycles. The smallest absolute Gasteiger partial charge is 2.00 e. The van der Waals surface area contributed by atoms with Crippen molar-refractivity contribution in [2.75, 3.05) is 0 Å². The van der Waals surface area contributed by atoms with Crippen LogP contribution >= 0.6 is 0 Å². The van der Waals surface area contributed by atoms with Crippen molar-refractivity contribution >= 4 is 0 Å². The third-order valence-electron chi connectivity index (χ3n) is 0. The first kappa shape index (κ1) is 59.7. The zero-order valence-electron chi connectivity index (χ0n) is 2.63. The van der Waals surface area contributed by atoms with Crippen LogP contribution in [0.5, 0.6) is 0 Å². The fraction of sp³-hybridized carbons (Fsp3) is 0. The second kappa shape index (κ2) is 41.1. The maximum Gasteiger partial charge on any atom is 4.00 e. The van der Waals surface area contributed by atoms with E-state index in [-0.39, 0.29) is 117 Å². The fourth-order valence-corrected chi connectivity index (χ4v) is 0. The van der Waals surface area contributed by atoms with Crippen molar-refractivity contribution in [2.24, 2.45) is 0 Å². The van der Waals surface area contributed by atoms with Gasteiger partial charge in [-0.15, -0.1) is 0 Å². The summed E-state index contributed by atoms with van der Waals surface area (Å²) in [5.41, 5.74) is 0. The van der Waals surface area contributed by atoms with E-state index in [2.05, 4.69) is 0 Å². The van der Waals surface area contributed by atoms with E-state index in [9.17, 15) is 0 Å². The van der Waals surface area contributed by atoms with Crippen LogP contribution in [0.3, 0.4) is 0 Å². The van der Waals surface area contributed by atoms with E-state index in [0.29, 0.717) is 0 Å². The van der Waals surface area contributed by atoms with Gasteiger partial charge in [0.15, 0.2) is 0 Å². The third kappa shape index (κ3) is 26.8. The molecule has 0 N–H and O–H groups in total. The molecule has 6 heteroatoms. The Morgan fingerprint density at radius 3 is 0.667 bits per heavy atom. The van der Waals surface area contributed by atoms with Gasteiger partial charge in [-0.25, -0.2) is 0 Å². The van der Waals surface area contributed by atoms with E-state index in [1.165, 1.54) is 0 Å². The number of rotatable bonds is 0. The van der Waals surface area contributed by atoms with Gasteiger partial charge in [0.25, 0.3) is 0 Å². The monoisotopic (exact) mass is 756 g/mol. The summed E-state index contributed by atoms with van der Waals surface area (Å²) in [6.07, 6.45) is 0. The molecule has 0 amide bonds. The zero-order chi connectivity index (χ0) is 0. The van der Waals surface area contributed by atoms with E-state index in [1.54, 1.807) is 0 Å². The molecular formula is O3PuThU-2. The van der Waals surface area contributed by atoms with Crippen molar-refractivity contribution in [2.45, 2.75) is 0 Å². The zero-order valence-corrected chi connectivity index (χ0v) is 14.3. The summed E-state index contributed by atoms with van der Waals surface area (Å²) in [6, 6.07) is 0. The van der Waals surface area contributed by atoms with Gasteiger partial charge >= 0.3 is 39.9 Å². The maximum atomic E-state index is 0. The Morgan fingerprint density at radius 2 is 0.667 bits per heavy atom. The Labute approximate surface area is 114 Å². The van der Waals surface area contributed by atoms with Gasteiger partial charge in [0.1, 0.15) is 0 Å². The van der Waals surface area contributed by atoms with E-state index < -0.39 is 0 Å². The molecular weight excluding hydrogens is 762 g/mol. The van der Waals surface area contributed by atoms with Gasteiger partial charge < -0.3 is 16.4 Å². The molecule has 0 spiro atoms. The SMILES string of the molecule is [O-2].[O-2].[O-2].[Pu].[Th+4].[U]. The summed E-state index contributed by atoms with van der Waals surface area (Å²) in [6.45, 7) is 0. The molecule has 0 saturated heterocycles. The summed E-state index contributed by atoms with van der Waals surface area (Å²) < 4.78 is 0. The Balaban J connectivity index is 0. The van der Waals surface area contributed by atoms with Crippen molar-refractivity contribution in [1.29, 1.82) is 0 Å². The molecule has 0 atom stereocenters. The molecule has 0 fully saturated rings. The van der Waals surface area contributed by atoms with Crippen molar-refractivity contribution in [1.82, 2.24) is 0 Å². The van der Waals surface area contributed by atoms with Crippen LogP contribution in [0.4, 0.5) is 0 Å². The molecule has 0 saturated carbocycles. The summed E-state index contributed by atoms with van der Waals surface area (Å²) in [4.78, 5) is 0. The van der Waals surface area contributed by atoms with Crippen LogP contribution in [-0.4, -0.2) is 0 Å². The van der Waals surface area contributed by atoms with Gasteiger partial charge in [-0.1, -0.05) is 0 Å². The van der Waals surface area contributed by atoms with Gasteiger partial charge in [-0.05, 0) is 0 Å². The standard InChI is InChI=1S/3O.Pu.Th.U/q3*-2;;+4;. The van der Waals surface area contributed by atoms with Crippen LogP contribution in [0.2, 0.25) is 0 Å². The first-order chi connectivity index (χ1) is 0. The largest absolute Gasteiger partial charge is 4.00 e. The Hall–Kier alpha value is 3.24. The molecule has 0 heterocycles. The molecule has 0 aromatic carbocycles. The summed E-state index contributed by atoms with van der Waals surface area (Å²) in [7, 11) is 0. The number of hydrogen-bond donors (Lipinski definition) is 0. The van der Waals surface area contributed by atoms with Crippen molar-refractivity contribution < 1.29 is 117 Å². The summed E-state index contributed by atoms with van der Waals surface area (Å²) >= 11 is 0. The average Bonchev–Trinajstić information content (AvgIpc) is 0. The summed E-state index contributed by atoms with van der Waals surface area (Å²) in [5, 5.41) is 0. The second-order valence-corrected chi connectivity index (χ2v) is 0. The van der Waals surface area contributed by atoms with Gasteiger partial charge in [0, 0.05) is 60.3 Å². The minimum absolute atomic E-state index is 0. The normalized spacial score (nSPS) is 0. The van der Waals surface area contributed by atoms with Gasteiger partial charge in [-0.3, -0.25) is 0 Å². The number of hydrogen-bond acceptors (Lipinski definition) is 0. The van der Waals surface area contributed by atoms with Crippen molar-refractivity contribution in [3.63, 3.8) is 0 Å². The predicted octanol–water partition coefficient (Wildman–Crippen LogP) is -0.356. The third-order valence-corrected chi connectivity index (χ3v) is 0. The van der Waals surface area contributed by atoms with Crippen LogP contribution < -0.4 is 0 Å². The molecule has 3 nitrogen and oxygen atoms in total. The first-order valence-corrected chi connectivity index (χ1v) is 0. The van der Waals surface area contributed by atoms with E-state index in [4.69, 9.17) is 0 Å². The molecule has 0 aliphatic heterocycles. The van der Waals surface area contributed by atoms with Crippen molar-refractivity contribution in [3.05, 3.63) is 0 Å². The fourth-order valence-electron chi connectivity index (χ4n) is 0. The molecule has 0 aromatic rings. The molecule has 0 aliphatic rings. The van der Waals surface area contributed by atoms with Crippen LogP contribution in [0, 0.1) is 100 Å². The Kier molecular flexibility index (Phi) is 409.